The molecular weight excluding hydrogens is 262 g/mol. The predicted molar refractivity (Wildman–Crippen MR) is 77.1 cm³/mol. The van der Waals surface area contributed by atoms with Crippen LogP contribution in [0.25, 0.3) is 0 Å². The third kappa shape index (κ3) is 2.50. The summed E-state index contributed by atoms with van der Waals surface area (Å²) in [5.74, 6) is 0.548. The molecular formula is C14H20ClN3O. The minimum atomic E-state index is 0.0296. The molecule has 104 valence electrons. The first-order valence-electron chi connectivity index (χ1n) is 7.12. The molecule has 2 aliphatic rings. The first kappa shape index (κ1) is 13.0. The highest BCUT2D eigenvalue weighted by Gasteiger charge is 2.30. The summed E-state index contributed by atoms with van der Waals surface area (Å²) < 4.78 is 1.82. The van der Waals surface area contributed by atoms with Crippen LogP contribution in [0.2, 0.25) is 0 Å². The summed E-state index contributed by atoms with van der Waals surface area (Å²) in [5, 5.41) is 0.120. The summed E-state index contributed by atoms with van der Waals surface area (Å²) >= 11 is 6.42. The number of aromatic nitrogens is 2. The molecule has 2 atom stereocenters. The van der Waals surface area contributed by atoms with Gasteiger partial charge in [0.05, 0.1) is 5.38 Å². The standard InChI is InChI=1S/C14H20ClN3O/c1-17(12-5-3-2-4-11(12)15)13-14(19)18(9-8-16-13)10-6-7-10/h8-12H,2-7H2,1H3. The Hall–Kier alpha value is -1.03. The van der Waals surface area contributed by atoms with Crippen LogP contribution in [0.15, 0.2) is 17.2 Å². The van der Waals surface area contributed by atoms with Crippen LogP contribution in [0.4, 0.5) is 5.82 Å². The average molecular weight is 282 g/mol. The molecule has 0 spiro atoms. The van der Waals surface area contributed by atoms with Gasteiger partial charge in [0.15, 0.2) is 5.82 Å². The molecule has 0 aliphatic heterocycles. The maximum atomic E-state index is 12.5. The Morgan fingerprint density at radius 2 is 2.05 bits per heavy atom. The van der Waals surface area contributed by atoms with Gasteiger partial charge < -0.3 is 9.47 Å². The Balaban J connectivity index is 1.88. The van der Waals surface area contributed by atoms with Gasteiger partial charge in [-0.2, -0.15) is 0 Å². The lowest BCUT2D eigenvalue weighted by Crippen LogP contribution is -2.44. The second kappa shape index (κ2) is 5.16. The van der Waals surface area contributed by atoms with Gasteiger partial charge in [-0.15, -0.1) is 11.6 Å². The molecule has 0 N–H and O–H groups in total. The van der Waals surface area contributed by atoms with Crippen molar-refractivity contribution in [2.24, 2.45) is 0 Å². The number of alkyl halides is 1. The summed E-state index contributed by atoms with van der Waals surface area (Å²) in [6.45, 7) is 0. The van der Waals surface area contributed by atoms with Crippen molar-refractivity contribution < 1.29 is 0 Å². The maximum Gasteiger partial charge on any atom is 0.293 e. The Labute approximate surface area is 118 Å². The van der Waals surface area contributed by atoms with Crippen LogP contribution in [0.1, 0.15) is 44.6 Å². The van der Waals surface area contributed by atoms with E-state index in [0.29, 0.717) is 11.9 Å². The molecule has 1 heterocycles. The molecule has 0 bridgehead atoms. The normalized spacial score (nSPS) is 27.3. The van der Waals surface area contributed by atoms with Crippen LogP contribution in [0.5, 0.6) is 0 Å². The van der Waals surface area contributed by atoms with Crippen molar-refractivity contribution in [3.63, 3.8) is 0 Å². The number of hydrogen-bond acceptors (Lipinski definition) is 3. The first-order valence-corrected chi connectivity index (χ1v) is 7.56. The minimum absolute atomic E-state index is 0.0296. The third-order valence-corrected chi connectivity index (χ3v) is 4.78. The number of halogens is 1. The van der Waals surface area contributed by atoms with E-state index in [1.807, 2.05) is 16.5 Å². The average Bonchev–Trinajstić information content (AvgIpc) is 3.23. The van der Waals surface area contributed by atoms with Gasteiger partial charge in [0.25, 0.3) is 5.56 Å². The van der Waals surface area contributed by atoms with Crippen molar-refractivity contribution in [1.29, 1.82) is 0 Å². The lowest BCUT2D eigenvalue weighted by atomic mass is 9.94. The van der Waals surface area contributed by atoms with Crippen LogP contribution in [-0.2, 0) is 0 Å². The fourth-order valence-corrected chi connectivity index (χ4v) is 3.41. The Morgan fingerprint density at radius 1 is 1.32 bits per heavy atom. The molecule has 2 saturated carbocycles. The minimum Gasteiger partial charge on any atom is -0.351 e. The molecule has 2 aliphatic carbocycles. The van der Waals surface area contributed by atoms with Gasteiger partial charge in [0.1, 0.15) is 0 Å². The maximum absolute atomic E-state index is 12.5. The zero-order valence-corrected chi connectivity index (χ0v) is 12.0. The van der Waals surface area contributed by atoms with Crippen LogP contribution in [-0.4, -0.2) is 28.0 Å². The van der Waals surface area contributed by atoms with Gasteiger partial charge in [-0.3, -0.25) is 4.79 Å². The Morgan fingerprint density at radius 3 is 2.74 bits per heavy atom. The lowest BCUT2D eigenvalue weighted by Gasteiger charge is -2.35. The van der Waals surface area contributed by atoms with E-state index in [0.717, 1.165) is 25.7 Å². The molecule has 0 radical (unpaired) electrons. The van der Waals surface area contributed by atoms with E-state index in [9.17, 15) is 4.79 Å². The van der Waals surface area contributed by atoms with Crippen LogP contribution >= 0.6 is 11.6 Å². The Kier molecular flexibility index (Phi) is 3.52. The largest absolute Gasteiger partial charge is 0.351 e. The van der Waals surface area contributed by atoms with E-state index in [2.05, 4.69) is 4.98 Å². The summed E-state index contributed by atoms with van der Waals surface area (Å²) in [6, 6.07) is 0.617. The molecule has 0 aromatic carbocycles. The van der Waals surface area contributed by atoms with E-state index in [4.69, 9.17) is 11.6 Å². The fourth-order valence-electron chi connectivity index (χ4n) is 2.96. The zero-order chi connectivity index (χ0) is 13.4. The molecule has 0 amide bonds. The van der Waals surface area contributed by atoms with Crippen molar-refractivity contribution >= 4 is 17.4 Å². The number of nitrogens with zero attached hydrogens (tertiary/aromatic N) is 3. The van der Waals surface area contributed by atoms with Gasteiger partial charge in [-0.25, -0.2) is 4.98 Å². The monoisotopic (exact) mass is 281 g/mol. The molecule has 5 heteroatoms. The van der Waals surface area contributed by atoms with Crippen LogP contribution in [0.3, 0.4) is 0 Å². The molecule has 19 heavy (non-hydrogen) atoms. The molecule has 2 unspecified atom stereocenters. The van der Waals surface area contributed by atoms with E-state index >= 15 is 0 Å². The molecule has 1 aromatic rings. The second-order valence-corrected chi connectivity index (χ2v) is 6.23. The predicted octanol–water partition coefficient (Wildman–Crippen LogP) is 2.56. The van der Waals surface area contributed by atoms with E-state index in [1.165, 1.54) is 12.8 Å². The topological polar surface area (TPSA) is 38.1 Å². The van der Waals surface area contributed by atoms with Gasteiger partial charge in [0.2, 0.25) is 0 Å². The number of rotatable bonds is 3. The summed E-state index contributed by atoms with van der Waals surface area (Å²) in [6.07, 6.45) is 10.2. The fraction of sp³-hybridized carbons (Fsp3) is 0.714. The molecule has 0 saturated heterocycles. The van der Waals surface area contributed by atoms with E-state index in [1.54, 1.807) is 12.4 Å². The highest BCUT2D eigenvalue weighted by molar-refractivity contribution is 6.21. The quantitative estimate of drug-likeness (QED) is 0.799. The molecule has 1 aromatic heterocycles. The zero-order valence-electron chi connectivity index (χ0n) is 11.3. The molecule has 2 fully saturated rings. The number of anilines is 1. The second-order valence-electron chi connectivity index (χ2n) is 5.67. The summed E-state index contributed by atoms with van der Waals surface area (Å²) in [7, 11) is 1.95. The van der Waals surface area contributed by atoms with Crippen LogP contribution in [0, 0.1) is 0 Å². The van der Waals surface area contributed by atoms with Crippen LogP contribution < -0.4 is 10.5 Å². The molecule has 4 nitrogen and oxygen atoms in total. The first-order chi connectivity index (χ1) is 9.18. The summed E-state index contributed by atoms with van der Waals surface area (Å²) in [5.41, 5.74) is 0.0296. The summed E-state index contributed by atoms with van der Waals surface area (Å²) in [4.78, 5) is 18.7. The lowest BCUT2D eigenvalue weighted by molar-refractivity contribution is 0.431. The van der Waals surface area contributed by atoms with Crippen molar-refractivity contribution in [2.75, 3.05) is 11.9 Å². The van der Waals surface area contributed by atoms with Crippen molar-refractivity contribution in [2.45, 2.75) is 56.0 Å². The highest BCUT2D eigenvalue weighted by Crippen LogP contribution is 2.34. The third-order valence-electron chi connectivity index (χ3n) is 4.27. The van der Waals surface area contributed by atoms with Gasteiger partial charge in [-0.1, -0.05) is 12.8 Å². The Bertz CT molecular complexity index is 512. The van der Waals surface area contributed by atoms with E-state index < -0.39 is 0 Å². The van der Waals surface area contributed by atoms with Gasteiger partial charge >= 0.3 is 0 Å². The van der Waals surface area contributed by atoms with E-state index in [-0.39, 0.29) is 17.0 Å². The van der Waals surface area contributed by atoms with Crippen molar-refractivity contribution in [3.8, 4) is 0 Å². The highest BCUT2D eigenvalue weighted by atomic mass is 35.5. The van der Waals surface area contributed by atoms with Gasteiger partial charge in [-0.05, 0) is 25.7 Å². The molecule has 3 rings (SSSR count). The van der Waals surface area contributed by atoms with Crippen molar-refractivity contribution in [1.82, 2.24) is 9.55 Å². The SMILES string of the molecule is CN(c1nccn(C2CC2)c1=O)C1CCCCC1Cl. The number of hydrogen-bond donors (Lipinski definition) is 0. The van der Waals surface area contributed by atoms with Crippen molar-refractivity contribution in [3.05, 3.63) is 22.7 Å². The smallest absolute Gasteiger partial charge is 0.293 e. The van der Waals surface area contributed by atoms with Gasteiger partial charge in [0, 0.05) is 31.5 Å².